The van der Waals surface area contributed by atoms with Crippen LogP contribution in [0.4, 0.5) is 5.82 Å². The van der Waals surface area contributed by atoms with E-state index in [1.165, 1.54) is 0 Å². The van der Waals surface area contributed by atoms with E-state index in [-0.39, 0.29) is 0 Å². The number of fused-ring (bicyclic) bond motifs is 1. The molecule has 0 aliphatic heterocycles. The average molecular weight is 231 g/mol. The molecule has 2 aromatic heterocycles. The quantitative estimate of drug-likeness (QED) is 0.820. The highest BCUT2D eigenvalue weighted by Gasteiger charge is 2.18. The third-order valence-electron chi connectivity index (χ3n) is 3.38. The fourth-order valence-corrected chi connectivity index (χ4v) is 2.37. The molecule has 0 atom stereocenters. The molecule has 5 nitrogen and oxygen atoms in total. The van der Waals surface area contributed by atoms with Crippen LogP contribution in [0.5, 0.6) is 0 Å². The van der Waals surface area contributed by atoms with Crippen molar-refractivity contribution in [3.05, 3.63) is 24.5 Å². The van der Waals surface area contributed by atoms with Gasteiger partial charge < -0.3 is 11.1 Å². The summed E-state index contributed by atoms with van der Waals surface area (Å²) in [5, 5.41) is 7.60. The van der Waals surface area contributed by atoms with E-state index >= 15 is 0 Å². The summed E-state index contributed by atoms with van der Waals surface area (Å²) in [6.45, 7) is 0. The Morgan fingerprint density at radius 3 is 2.88 bits per heavy atom. The van der Waals surface area contributed by atoms with E-state index in [9.17, 15) is 0 Å². The minimum Gasteiger partial charge on any atom is -0.367 e. The summed E-state index contributed by atoms with van der Waals surface area (Å²) in [4.78, 5) is 4.51. The topological polar surface area (TPSA) is 68.2 Å². The van der Waals surface area contributed by atoms with Crippen molar-refractivity contribution in [3.63, 3.8) is 0 Å². The molecule has 1 aliphatic rings. The number of rotatable bonds is 2. The molecule has 90 valence electrons. The molecule has 3 rings (SSSR count). The third kappa shape index (κ3) is 2.24. The molecule has 0 bridgehead atoms. The summed E-state index contributed by atoms with van der Waals surface area (Å²) in [6, 6.07) is 4.77. The summed E-state index contributed by atoms with van der Waals surface area (Å²) in [5.41, 5.74) is 6.77. The zero-order valence-corrected chi connectivity index (χ0v) is 9.71. The normalized spacial score (nSPS) is 25.0. The van der Waals surface area contributed by atoms with Gasteiger partial charge in [-0.1, -0.05) is 0 Å². The molecule has 0 spiro atoms. The lowest BCUT2D eigenvalue weighted by molar-refractivity contribution is 0.410. The monoisotopic (exact) mass is 231 g/mol. The second kappa shape index (κ2) is 4.33. The number of hydrogen-bond donors (Lipinski definition) is 2. The molecule has 0 amide bonds. The van der Waals surface area contributed by atoms with Crippen molar-refractivity contribution in [1.29, 1.82) is 0 Å². The summed E-state index contributed by atoms with van der Waals surface area (Å²) in [7, 11) is 0. The Kier molecular flexibility index (Phi) is 2.68. The van der Waals surface area contributed by atoms with Gasteiger partial charge in [-0.05, 0) is 31.7 Å². The summed E-state index contributed by atoms with van der Waals surface area (Å²) in [5.74, 6) is 0.929. The molecular formula is C12H17N5. The maximum atomic E-state index is 5.90. The first-order valence-corrected chi connectivity index (χ1v) is 6.14. The molecule has 17 heavy (non-hydrogen) atoms. The van der Waals surface area contributed by atoms with Crippen molar-refractivity contribution in [2.75, 3.05) is 5.32 Å². The van der Waals surface area contributed by atoms with Crippen LogP contribution in [0.3, 0.4) is 0 Å². The fourth-order valence-electron chi connectivity index (χ4n) is 2.37. The molecule has 3 N–H and O–H groups in total. The second-order valence-electron chi connectivity index (χ2n) is 4.70. The molecule has 5 heteroatoms. The first-order chi connectivity index (χ1) is 8.31. The number of anilines is 1. The zero-order chi connectivity index (χ0) is 11.7. The van der Waals surface area contributed by atoms with Crippen LogP contribution in [0, 0.1) is 0 Å². The van der Waals surface area contributed by atoms with Gasteiger partial charge in [0, 0.05) is 24.3 Å². The van der Waals surface area contributed by atoms with E-state index in [2.05, 4.69) is 15.4 Å². The van der Waals surface area contributed by atoms with Crippen LogP contribution >= 0.6 is 0 Å². The van der Waals surface area contributed by atoms with Crippen LogP contribution in [0.25, 0.3) is 5.65 Å². The van der Waals surface area contributed by atoms with Gasteiger partial charge in [0.05, 0.1) is 6.20 Å². The van der Waals surface area contributed by atoms with Gasteiger partial charge in [-0.25, -0.2) is 9.50 Å². The lowest BCUT2D eigenvalue weighted by Crippen LogP contribution is -2.33. The maximum Gasteiger partial charge on any atom is 0.157 e. The Balaban J connectivity index is 1.71. The van der Waals surface area contributed by atoms with E-state index < -0.39 is 0 Å². The largest absolute Gasteiger partial charge is 0.367 e. The minimum atomic E-state index is 0.387. The van der Waals surface area contributed by atoms with Gasteiger partial charge in [-0.15, -0.1) is 0 Å². The van der Waals surface area contributed by atoms with Crippen molar-refractivity contribution in [2.24, 2.45) is 5.73 Å². The van der Waals surface area contributed by atoms with Crippen LogP contribution in [-0.4, -0.2) is 26.7 Å². The Bertz CT molecular complexity index is 498. The molecule has 2 aromatic rings. The van der Waals surface area contributed by atoms with Gasteiger partial charge in [-0.3, -0.25) is 0 Å². The molecule has 0 unspecified atom stereocenters. The predicted octanol–water partition coefficient (Wildman–Crippen LogP) is 1.41. The highest BCUT2D eigenvalue weighted by Crippen LogP contribution is 2.20. The van der Waals surface area contributed by atoms with E-state index in [1.54, 1.807) is 10.7 Å². The Hall–Kier alpha value is -1.62. The minimum absolute atomic E-state index is 0.387. The van der Waals surface area contributed by atoms with Gasteiger partial charge in [0.25, 0.3) is 0 Å². The average Bonchev–Trinajstić information content (AvgIpc) is 2.79. The lowest BCUT2D eigenvalue weighted by Gasteiger charge is -2.27. The van der Waals surface area contributed by atoms with Gasteiger partial charge in [0.1, 0.15) is 5.82 Å². The number of aromatic nitrogens is 3. The standard InChI is InChI=1S/C12H17N5/c13-9-1-3-10(4-2-9)15-11-6-8-17-12(16-11)5-7-14-17/h5-10H,1-4,13H2,(H,15,16). The second-order valence-corrected chi connectivity index (χ2v) is 4.70. The highest BCUT2D eigenvalue weighted by atomic mass is 15.2. The highest BCUT2D eigenvalue weighted by molar-refractivity contribution is 5.45. The number of nitrogens with zero attached hydrogens (tertiary/aromatic N) is 3. The summed E-state index contributed by atoms with van der Waals surface area (Å²) >= 11 is 0. The number of nitrogens with two attached hydrogens (primary N) is 1. The van der Waals surface area contributed by atoms with Crippen LogP contribution in [0.2, 0.25) is 0 Å². The van der Waals surface area contributed by atoms with Crippen molar-refractivity contribution in [1.82, 2.24) is 14.6 Å². The van der Waals surface area contributed by atoms with E-state index in [0.717, 1.165) is 37.1 Å². The molecule has 0 saturated heterocycles. The van der Waals surface area contributed by atoms with Gasteiger partial charge in [0.2, 0.25) is 0 Å². The van der Waals surface area contributed by atoms with Gasteiger partial charge in [0.15, 0.2) is 5.65 Å². The molecule has 1 saturated carbocycles. The summed E-state index contributed by atoms with van der Waals surface area (Å²) in [6.07, 6.45) is 8.16. The predicted molar refractivity (Wildman–Crippen MR) is 66.8 cm³/mol. The SMILES string of the molecule is NC1CCC(Nc2ccn3nccc3n2)CC1. The van der Waals surface area contributed by atoms with Gasteiger partial charge >= 0.3 is 0 Å². The van der Waals surface area contributed by atoms with Crippen molar-refractivity contribution in [2.45, 2.75) is 37.8 Å². The zero-order valence-electron chi connectivity index (χ0n) is 9.71. The Morgan fingerprint density at radius 1 is 1.24 bits per heavy atom. The van der Waals surface area contributed by atoms with Crippen molar-refractivity contribution < 1.29 is 0 Å². The number of hydrogen-bond acceptors (Lipinski definition) is 4. The van der Waals surface area contributed by atoms with E-state index in [1.807, 2.05) is 18.3 Å². The third-order valence-corrected chi connectivity index (χ3v) is 3.38. The van der Waals surface area contributed by atoms with Gasteiger partial charge in [-0.2, -0.15) is 5.10 Å². The van der Waals surface area contributed by atoms with Crippen LogP contribution in [0.15, 0.2) is 24.5 Å². The number of nitrogens with one attached hydrogen (secondary N) is 1. The maximum absolute atomic E-state index is 5.90. The molecule has 2 heterocycles. The fraction of sp³-hybridized carbons (Fsp3) is 0.500. The molecular weight excluding hydrogens is 214 g/mol. The first-order valence-electron chi connectivity index (χ1n) is 6.14. The smallest absolute Gasteiger partial charge is 0.157 e. The van der Waals surface area contributed by atoms with E-state index in [4.69, 9.17) is 5.73 Å². The molecule has 0 aromatic carbocycles. The van der Waals surface area contributed by atoms with E-state index in [0.29, 0.717) is 12.1 Å². The van der Waals surface area contributed by atoms with Crippen molar-refractivity contribution >= 4 is 11.5 Å². The van der Waals surface area contributed by atoms with Crippen LogP contribution in [0.1, 0.15) is 25.7 Å². The van der Waals surface area contributed by atoms with Crippen LogP contribution < -0.4 is 11.1 Å². The van der Waals surface area contributed by atoms with Crippen molar-refractivity contribution in [3.8, 4) is 0 Å². The molecule has 0 radical (unpaired) electrons. The lowest BCUT2D eigenvalue weighted by atomic mass is 9.92. The Labute approximate surface area is 100 Å². The molecule has 1 aliphatic carbocycles. The molecule has 1 fully saturated rings. The Morgan fingerprint density at radius 2 is 2.06 bits per heavy atom. The first kappa shape index (κ1) is 10.5. The summed E-state index contributed by atoms with van der Waals surface area (Å²) < 4.78 is 1.77. The van der Waals surface area contributed by atoms with Crippen LogP contribution in [-0.2, 0) is 0 Å².